The third kappa shape index (κ3) is 1.17. The molecule has 1 saturated carbocycles. The van der Waals surface area contributed by atoms with Gasteiger partial charge in [-0.3, -0.25) is 0 Å². The summed E-state index contributed by atoms with van der Waals surface area (Å²) in [7, 11) is 0. The van der Waals surface area contributed by atoms with E-state index in [-0.39, 0.29) is 0 Å². The van der Waals surface area contributed by atoms with Crippen molar-refractivity contribution in [1.29, 1.82) is 0 Å². The van der Waals surface area contributed by atoms with Gasteiger partial charge >= 0.3 is 0 Å². The first-order valence-corrected chi connectivity index (χ1v) is 4.40. The number of halogens is 1. The van der Waals surface area contributed by atoms with Crippen LogP contribution in [0.5, 0.6) is 0 Å². The second-order valence-corrected chi connectivity index (χ2v) is 5.54. The maximum absolute atomic E-state index is 2.59. The molecule has 0 radical (unpaired) electrons. The monoisotopic (exact) mass is 224 g/mol. The Morgan fingerprint density at radius 3 is 2.38 bits per heavy atom. The van der Waals surface area contributed by atoms with Gasteiger partial charge in [-0.25, -0.2) is 0 Å². The highest BCUT2D eigenvalue weighted by atomic mass is 127. The van der Waals surface area contributed by atoms with Crippen LogP contribution in [0.2, 0.25) is 0 Å². The van der Waals surface area contributed by atoms with Crippen molar-refractivity contribution in [2.45, 2.75) is 36.5 Å². The lowest BCUT2D eigenvalue weighted by Crippen LogP contribution is -2.17. The third-order valence-corrected chi connectivity index (χ3v) is 3.93. The first-order chi connectivity index (χ1) is 3.63. The summed E-state index contributed by atoms with van der Waals surface area (Å²) in [5, 5.41) is 0. The minimum absolute atomic E-state index is 0.623. The van der Waals surface area contributed by atoms with E-state index >= 15 is 0 Å². The van der Waals surface area contributed by atoms with Gasteiger partial charge in [0.15, 0.2) is 0 Å². The van der Waals surface area contributed by atoms with Gasteiger partial charge in [0.25, 0.3) is 0 Å². The second-order valence-electron chi connectivity index (χ2n) is 3.07. The van der Waals surface area contributed by atoms with Crippen LogP contribution in [0.4, 0.5) is 0 Å². The fourth-order valence-electron chi connectivity index (χ4n) is 1.30. The van der Waals surface area contributed by atoms with Crippen LogP contribution in [0.3, 0.4) is 0 Å². The minimum Gasteiger partial charge on any atom is -0.0789 e. The fourth-order valence-corrected chi connectivity index (χ4v) is 1.99. The zero-order valence-electron chi connectivity index (χ0n) is 5.58. The number of hydrogen-bond donors (Lipinski definition) is 0. The van der Waals surface area contributed by atoms with Crippen molar-refractivity contribution in [3.05, 3.63) is 0 Å². The largest absolute Gasteiger partial charge is 0.0789 e. The summed E-state index contributed by atoms with van der Waals surface area (Å²) in [6, 6.07) is 0. The molecular weight excluding hydrogens is 211 g/mol. The van der Waals surface area contributed by atoms with E-state index in [4.69, 9.17) is 0 Å². The Hall–Kier alpha value is 0.730. The Kier molecular flexibility index (Phi) is 1.85. The number of hydrogen-bond acceptors (Lipinski definition) is 0. The van der Waals surface area contributed by atoms with E-state index in [2.05, 4.69) is 36.4 Å². The summed E-state index contributed by atoms with van der Waals surface area (Å²) < 4.78 is 0.623. The smallest absolute Gasteiger partial charge is 0.0219 e. The van der Waals surface area contributed by atoms with E-state index in [1.165, 1.54) is 19.3 Å². The summed E-state index contributed by atoms with van der Waals surface area (Å²) in [5.41, 5.74) is 0. The van der Waals surface area contributed by atoms with Gasteiger partial charge < -0.3 is 0 Å². The zero-order valence-corrected chi connectivity index (χ0v) is 7.73. The Morgan fingerprint density at radius 1 is 1.62 bits per heavy atom. The molecule has 0 aromatic rings. The highest BCUT2D eigenvalue weighted by Gasteiger charge is 2.32. The fraction of sp³-hybridized carbons (Fsp3) is 1.00. The molecule has 1 aliphatic rings. The molecule has 8 heavy (non-hydrogen) atoms. The summed E-state index contributed by atoms with van der Waals surface area (Å²) >= 11 is 2.59. The molecule has 1 heteroatoms. The van der Waals surface area contributed by atoms with Crippen LogP contribution >= 0.6 is 22.6 Å². The molecule has 0 heterocycles. The number of rotatable bonds is 0. The summed E-state index contributed by atoms with van der Waals surface area (Å²) in [5.74, 6) is 0.947. The van der Waals surface area contributed by atoms with Gasteiger partial charge in [0, 0.05) is 3.42 Å². The van der Waals surface area contributed by atoms with Crippen LogP contribution in [-0.2, 0) is 0 Å². The summed E-state index contributed by atoms with van der Waals surface area (Å²) in [6.07, 6.45) is 4.31. The quantitative estimate of drug-likeness (QED) is 0.438. The molecule has 1 aliphatic carbocycles. The van der Waals surface area contributed by atoms with Gasteiger partial charge in [0.05, 0.1) is 0 Å². The molecule has 0 bridgehead atoms. The molecule has 0 aromatic carbocycles. The van der Waals surface area contributed by atoms with E-state index in [1.807, 2.05) is 0 Å². The van der Waals surface area contributed by atoms with Crippen molar-refractivity contribution in [1.82, 2.24) is 0 Å². The Bertz CT molecular complexity index is 86.4. The Morgan fingerprint density at radius 2 is 2.25 bits per heavy atom. The molecule has 0 amide bonds. The SMILES string of the molecule is C[C@@H]1CCC[C@@]1(C)I. The predicted octanol–water partition coefficient (Wildman–Crippen LogP) is 3.00. The topological polar surface area (TPSA) is 0 Å². The van der Waals surface area contributed by atoms with Crippen LogP contribution < -0.4 is 0 Å². The van der Waals surface area contributed by atoms with Crippen LogP contribution in [-0.4, -0.2) is 3.42 Å². The van der Waals surface area contributed by atoms with E-state index in [0.29, 0.717) is 3.42 Å². The molecule has 0 spiro atoms. The molecule has 2 atom stereocenters. The zero-order chi connectivity index (χ0) is 6.20. The standard InChI is InChI=1S/C7H13I/c1-6-4-3-5-7(6,2)8/h6H,3-5H2,1-2H3/t6-,7-/m1/s1. The average molecular weight is 224 g/mol. The molecule has 1 fully saturated rings. The maximum Gasteiger partial charge on any atom is 0.0219 e. The molecule has 0 N–H and O–H groups in total. The number of alkyl halides is 1. The van der Waals surface area contributed by atoms with E-state index in [9.17, 15) is 0 Å². The van der Waals surface area contributed by atoms with Crippen molar-refractivity contribution in [3.63, 3.8) is 0 Å². The first-order valence-electron chi connectivity index (χ1n) is 3.32. The average Bonchev–Trinajstić information content (AvgIpc) is 1.86. The lowest BCUT2D eigenvalue weighted by Gasteiger charge is -2.20. The van der Waals surface area contributed by atoms with Crippen LogP contribution in [0.1, 0.15) is 33.1 Å². The molecule has 0 aliphatic heterocycles. The maximum atomic E-state index is 2.59. The molecule has 0 nitrogen and oxygen atoms in total. The second kappa shape index (κ2) is 2.16. The third-order valence-electron chi connectivity index (χ3n) is 2.33. The van der Waals surface area contributed by atoms with Gasteiger partial charge in [0.2, 0.25) is 0 Å². The van der Waals surface area contributed by atoms with Gasteiger partial charge in [-0.2, -0.15) is 0 Å². The minimum atomic E-state index is 0.623. The molecular formula is C7H13I. The van der Waals surface area contributed by atoms with Gasteiger partial charge in [-0.15, -0.1) is 0 Å². The molecule has 0 saturated heterocycles. The van der Waals surface area contributed by atoms with Crippen molar-refractivity contribution in [3.8, 4) is 0 Å². The van der Waals surface area contributed by atoms with Crippen LogP contribution in [0.25, 0.3) is 0 Å². The highest BCUT2D eigenvalue weighted by Crippen LogP contribution is 2.41. The molecule has 48 valence electrons. The highest BCUT2D eigenvalue weighted by molar-refractivity contribution is 14.1. The van der Waals surface area contributed by atoms with E-state index in [1.54, 1.807) is 0 Å². The van der Waals surface area contributed by atoms with E-state index in [0.717, 1.165) is 5.92 Å². The van der Waals surface area contributed by atoms with Gasteiger partial charge in [-0.1, -0.05) is 42.9 Å². The normalized spacial score (nSPS) is 47.6. The van der Waals surface area contributed by atoms with Crippen molar-refractivity contribution in [2.24, 2.45) is 5.92 Å². The molecule has 0 aromatic heterocycles. The Labute approximate surface area is 65.2 Å². The van der Waals surface area contributed by atoms with Crippen LogP contribution in [0, 0.1) is 5.92 Å². The van der Waals surface area contributed by atoms with Gasteiger partial charge in [0.1, 0.15) is 0 Å². The van der Waals surface area contributed by atoms with Crippen molar-refractivity contribution >= 4 is 22.6 Å². The predicted molar refractivity (Wildman–Crippen MR) is 45.4 cm³/mol. The summed E-state index contributed by atoms with van der Waals surface area (Å²) in [4.78, 5) is 0. The molecule has 1 rings (SSSR count). The Balaban J connectivity index is 2.54. The summed E-state index contributed by atoms with van der Waals surface area (Å²) in [6.45, 7) is 4.73. The molecule has 0 unspecified atom stereocenters. The van der Waals surface area contributed by atoms with Crippen LogP contribution in [0.15, 0.2) is 0 Å². The van der Waals surface area contributed by atoms with E-state index < -0.39 is 0 Å². The lowest BCUT2D eigenvalue weighted by molar-refractivity contribution is 0.526. The first kappa shape index (κ1) is 6.84. The lowest BCUT2D eigenvalue weighted by atomic mass is 10.0. The van der Waals surface area contributed by atoms with Crippen molar-refractivity contribution < 1.29 is 0 Å². The van der Waals surface area contributed by atoms with Gasteiger partial charge in [-0.05, 0) is 18.8 Å². The van der Waals surface area contributed by atoms with Crippen molar-refractivity contribution in [2.75, 3.05) is 0 Å².